The molecule has 1 N–H and O–H groups in total. The van der Waals surface area contributed by atoms with Crippen molar-refractivity contribution in [3.63, 3.8) is 0 Å². The van der Waals surface area contributed by atoms with Crippen molar-refractivity contribution in [2.24, 2.45) is 0 Å². The summed E-state index contributed by atoms with van der Waals surface area (Å²) < 4.78 is 37.3. The molecule has 0 unspecified atom stereocenters. The van der Waals surface area contributed by atoms with Gasteiger partial charge in [0.15, 0.2) is 11.0 Å². The molecule has 1 aromatic heterocycles. The Morgan fingerprint density at radius 2 is 1.79 bits per heavy atom. The van der Waals surface area contributed by atoms with Gasteiger partial charge in [0.2, 0.25) is 9.84 Å². The first-order valence-electron chi connectivity index (χ1n) is 8.67. The maximum Gasteiger partial charge on any atom is 0.340 e. The minimum absolute atomic E-state index is 0.0213. The molecule has 0 bridgehead atoms. The third-order valence-corrected chi connectivity index (χ3v) is 7.46. The highest BCUT2D eigenvalue weighted by molar-refractivity contribution is 7.91. The van der Waals surface area contributed by atoms with E-state index in [4.69, 9.17) is 16.3 Å². The van der Waals surface area contributed by atoms with E-state index < -0.39 is 21.4 Å². The van der Waals surface area contributed by atoms with Gasteiger partial charge in [-0.1, -0.05) is 23.7 Å². The molecule has 2 aromatic carbocycles. The lowest BCUT2D eigenvalue weighted by Crippen LogP contribution is -2.39. The molecule has 28 heavy (non-hydrogen) atoms. The van der Waals surface area contributed by atoms with Crippen LogP contribution in [0.25, 0.3) is 11.0 Å². The zero-order valence-corrected chi connectivity index (χ0v) is 16.0. The molecule has 3 aromatic rings. The van der Waals surface area contributed by atoms with Crippen LogP contribution in [0.5, 0.6) is 0 Å². The van der Waals surface area contributed by atoms with Gasteiger partial charge >= 0.3 is 5.97 Å². The molecule has 0 saturated carbocycles. The predicted octanol–water partition coefficient (Wildman–Crippen LogP) is 2.46. The van der Waals surface area contributed by atoms with Crippen LogP contribution in [0.1, 0.15) is 28.8 Å². The van der Waals surface area contributed by atoms with E-state index in [1.54, 1.807) is 12.1 Å². The smallest absolute Gasteiger partial charge is 0.340 e. The minimum Gasteiger partial charge on any atom is -0.450 e. The maximum absolute atomic E-state index is 13.5. The molecule has 144 valence electrons. The Hall–Kier alpha value is -2.49. The highest BCUT2D eigenvalue weighted by atomic mass is 35.5. The van der Waals surface area contributed by atoms with E-state index in [0.717, 1.165) is 0 Å². The number of rotatable bonds is 2. The number of fused-ring (bicyclic) bond motifs is 3. The maximum atomic E-state index is 13.5. The Bertz CT molecular complexity index is 1230. The third-order valence-electron chi connectivity index (χ3n) is 5.33. The van der Waals surface area contributed by atoms with Crippen molar-refractivity contribution < 1.29 is 22.6 Å². The number of hydrogen-bond acceptors (Lipinski definition) is 8. The molecule has 2 aliphatic heterocycles. The number of aromatic nitrogens is 2. The van der Waals surface area contributed by atoms with E-state index in [-0.39, 0.29) is 31.4 Å². The number of benzene rings is 2. The van der Waals surface area contributed by atoms with E-state index in [1.807, 2.05) is 0 Å². The van der Waals surface area contributed by atoms with Gasteiger partial charge in [0, 0.05) is 18.4 Å². The summed E-state index contributed by atoms with van der Waals surface area (Å²) in [5, 5.41) is 10.8. The number of halogens is 1. The van der Waals surface area contributed by atoms with Crippen LogP contribution >= 0.6 is 11.6 Å². The predicted molar refractivity (Wildman–Crippen MR) is 97.9 cm³/mol. The monoisotopic (exact) mass is 419 g/mol. The fourth-order valence-electron chi connectivity index (χ4n) is 3.98. The average molecular weight is 420 g/mol. The zero-order chi connectivity index (χ0) is 19.5. The highest BCUT2D eigenvalue weighted by Crippen LogP contribution is 2.45. The summed E-state index contributed by atoms with van der Waals surface area (Å²) in [5.41, 5.74) is 0.0850. The molecular formula is C18H14ClN3O5S. The second-order valence-electron chi connectivity index (χ2n) is 6.82. The Balaban J connectivity index is 1.74. The van der Waals surface area contributed by atoms with Crippen molar-refractivity contribution in [2.75, 3.05) is 13.1 Å². The number of hydrogen-bond donors (Lipinski definition) is 1. The molecule has 8 nitrogen and oxygen atoms in total. The first-order valence-corrected chi connectivity index (χ1v) is 10.5. The van der Waals surface area contributed by atoms with Crippen molar-refractivity contribution in [2.45, 2.75) is 28.2 Å². The molecule has 0 atom stereocenters. The molecule has 1 spiro atoms. The van der Waals surface area contributed by atoms with Gasteiger partial charge in [0.1, 0.15) is 10.5 Å². The van der Waals surface area contributed by atoms with Crippen molar-refractivity contribution in [3.8, 4) is 0 Å². The molecule has 2 aliphatic rings. The van der Waals surface area contributed by atoms with E-state index in [2.05, 4.69) is 20.3 Å². The number of ether oxygens (including phenoxy) is 1. The van der Waals surface area contributed by atoms with E-state index in [0.29, 0.717) is 31.5 Å². The highest BCUT2D eigenvalue weighted by Gasteiger charge is 2.48. The molecule has 1 saturated heterocycles. The SMILES string of the molecule is O=C1OC2(CCNCC2)c2cccc(S(=O)(=O)c3ccc(Cl)c4nonc34)c21. The molecule has 5 rings (SSSR count). The van der Waals surface area contributed by atoms with Gasteiger partial charge < -0.3 is 10.1 Å². The van der Waals surface area contributed by atoms with Gasteiger partial charge in [-0.2, -0.15) is 0 Å². The molecule has 3 heterocycles. The van der Waals surface area contributed by atoms with E-state index in [9.17, 15) is 13.2 Å². The van der Waals surface area contributed by atoms with Crippen LogP contribution in [-0.2, 0) is 20.2 Å². The molecule has 0 aliphatic carbocycles. The van der Waals surface area contributed by atoms with Crippen LogP contribution in [0.2, 0.25) is 5.02 Å². The molecule has 0 radical (unpaired) electrons. The normalized spacial score (nSPS) is 18.4. The van der Waals surface area contributed by atoms with E-state index >= 15 is 0 Å². The number of piperidine rings is 1. The lowest BCUT2D eigenvalue weighted by molar-refractivity contribution is -0.0242. The van der Waals surface area contributed by atoms with Crippen LogP contribution in [0.4, 0.5) is 0 Å². The lowest BCUT2D eigenvalue weighted by atomic mass is 9.84. The summed E-state index contributed by atoms with van der Waals surface area (Å²) in [4.78, 5) is 12.5. The number of sulfone groups is 1. The van der Waals surface area contributed by atoms with Gasteiger partial charge in [0.05, 0.1) is 15.5 Å². The second-order valence-corrected chi connectivity index (χ2v) is 9.12. The number of carbonyl (C=O) groups excluding carboxylic acids is 1. The molecule has 1 fully saturated rings. The van der Waals surface area contributed by atoms with E-state index in [1.165, 1.54) is 18.2 Å². The Morgan fingerprint density at radius 3 is 2.57 bits per heavy atom. The number of nitrogens with one attached hydrogen (secondary N) is 1. The number of esters is 1. The third kappa shape index (κ3) is 2.33. The van der Waals surface area contributed by atoms with Crippen molar-refractivity contribution in [1.29, 1.82) is 0 Å². The summed E-state index contributed by atoms with van der Waals surface area (Å²) in [6, 6.07) is 7.55. The molecular weight excluding hydrogens is 406 g/mol. The van der Waals surface area contributed by atoms with Gasteiger partial charge in [-0.05, 0) is 41.6 Å². The Labute approximate surface area is 164 Å². The zero-order valence-electron chi connectivity index (χ0n) is 14.4. The summed E-state index contributed by atoms with van der Waals surface area (Å²) >= 11 is 6.04. The molecule has 0 amide bonds. The fraction of sp³-hybridized carbons (Fsp3) is 0.278. The number of carbonyl (C=O) groups is 1. The van der Waals surface area contributed by atoms with Crippen molar-refractivity contribution >= 4 is 38.4 Å². The van der Waals surface area contributed by atoms with Gasteiger partial charge in [-0.3, -0.25) is 0 Å². The summed E-state index contributed by atoms with van der Waals surface area (Å²) in [6.45, 7) is 1.37. The fourth-order valence-corrected chi connectivity index (χ4v) is 5.76. The standard InChI is InChI=1S/C18H14ClN3O5S/c19-11-4-5-13(16-15(11)21-27-22-16)28(24,25)12-3-1-2-10-14(12)17(23)26-18(10)6-8-20-9-7-18/h1-5,20H,6-9H2. The van der Waals surface area contributed by atoms with Gasteiger partial charge in [-0.25, -0.2) is 17.8 Å². The van der Waals surface area contributed by atoms with Crippen LogP contribution in [-0.4, -0.2) is 37.8 Å². The summed E-state index contributed by atoms with van der Waals surface area (Å²) in [5.74, 6) is -0.625. The second kappa shape index (κ2) is 6.00. The summed E-state index contributed by atoms with van der Waals surface area (Å²) in [7, 11) is -4.10. The van der Waals surface area contributed by atoms with Crippen LogP contribution < -0.4 is 5.32 Å². The lowest BCUT2D eigenvalue weighted by Gasteiger charge is -2.33. The van der Waals surface area contributed by atoms with Crippen molar-refractivity contribution in [1.82, 2.24) is 15.6 Å². The first kappa shape index (κ1) is 17.6. The average Bonchev–Trinajstić information content (AvgIpc) is 3.27. The van der Waals surface area contributed by atoms with Crippen LogP contribution in [0, 0.1) is 0 Å². The number of nitrogens with zero attached hydrogens (tertiary/aromatic N) is 2. The summed E-state index contributed by atoms with van der Waals surface area (Å²) in [6.07, 6.45) is 1.18. The van der Waals surface area contributed by atoms with Crippen LogP contribution in [0.3, 0.4) is 0 Å². The quantitative estimate of drug-likeness (QED) is 0.630. The molecule has 10 heteroatoms. The minimum atomic E-state index is -4.10. The van der Waals surface area contributed by atoms with Crippen molar-refractivity contribution in [3.05, 3.63) is 46.5 Å². The topological polar surface area (TPSA) is 111 Å². The van der Waals surface area contributed by atoms with Crippen LogP contribution in [0.15, 0.2) is 44.8 Å². The Kier molecular flexibility index (Phi) is 3.77. The Morgan fingerprint density at radius 1 is 1.04 bits per heavy atom. The largest absolute Gasteiger partial charge is 0.450 e. The van der Waals surface area contributed by atoms with Gasteiger partial charge in [-0.15, -0.1) is 0 Å². The van der Waals surface area contributed by atoms with Gasteiger partial charge in [0.25, 0.3) is 0 Å². The first-order chi connectivity index (χ1) is 13.4.